The van der Waals surface area contributed by atoms with Crippen LogP contribution in [0.3, 0.4) is 0 Å². The van der Waals surface area contributed by atoms with Crippen LogP contribution in [-0.4, -0.2) is 66.4 Å². The molecule has 2 saturated heterocycles. The molecule has 6 rings (SSSR count). The van der Waals surface area contributed by atoms with E-state index in [1.54, 1.807) is 24.3 Å². The third-order valence-electron chi connectivity index (χ3n) is 8.18. The number of ether oxygens (including phenoxy) is 1. The molecule has 2 fully saturated rings. The summed E-state index contributed by atoms with van der Waals surface area (Å²) < 4.78 is 20.1. The number of halogens is 1. The van der Waals surface area contributed by atoms with Gasteiger partial charge in [-0.25, -0.2) is 4.39 Å². The third-order valence-corrected chi connectivity index (χ3v) is 8.18. The Kier molecular flexibility index (Phi) is 7.53. The molecular weight excluding hydrogens is 517 g/mol. The van der Waals surface area contributed by atoms with Crippen LogP contribution in [0.25, 0.3) is 22.2 Å². The van der Waals surface area contributed by atoms with Crippen LogP contribution >= 0.6 is 0 Å². The molecule has 0 spiro atoms. The molecule has 1 amide bonds. The van der Waals surface area contributed by atoms with E-state index in [0.29, 0.717) is 23.6 Å². The summed E-state index contributed by atoms with van der Waals surface area (Å²) in [4.78, 5) is 18.4. The summed E-state index contributed by atoms with van der Waals surface area (Å²) in [6.07, 6.45) is 0.606. The Morgan fingerprint density at radius 2 is 1.78 bits per heavy atom. The lowest BCUT2D eigenvalue weighted by molar-refractivity contribution is -0.0660. The van der Waals surface area contributed by atoms with E-state index in [4.69, 9.17) is 4.74 Å². The number of amides is 1. The number of carbonyl (C=O) groups is 1. The molecule has 1 aromatic heterocycles. The molecule has 4 aromatic rings. The van der Waals surface area contributed by atoms with Gasteiger partial charge in [0.15, 0.2) is 0 Å². The van der Waals surface area contributed by atoms with Crippen LogP contribution in [0.2, 0.25) is 0 Å². The number of fused-ring (bicyclic) bond motifs is 1. The molecule has 3 aromatic carbocycles. The molecule has 0 radical (unpaired) electrons. The normalized spacial score (nSPS) is 17.4. The smallest absolute Gasteiger partial charge is 0.251 e. The lowest BCUT2D eigenvalue weighted by atomic mass is 9.85. The van der Waals surface area contributed by atoms with Gasteiger partial charge >= 0.3 is 0 Å². The summed E-state index contributed by atoms with van der Waals surface area (Å²) >= 11 is 0. The van der Waals surface area contributed by atoms with Crippen molar-refractivity contribution in [1.82, 2.24) is 20.4 Å². The number of piperazine rings is 1. The molecular formula is C33H38FN5O2. The van der Waals surface area contributed by atoms with Crippen LogP contribution < -0.4 is 10.2 Å². The van der Waals surface area contributed by atoms with Crippen LogP contribution in [-0.2, 0) is 4.74 Å². The number of benzene rings is 3. The number of hydrogen-bond donors (Lipinski definition) is 2. The Hall–Kier alpha value is -3.75. The second kappa shape index (κ2) is 11.3. The van der Waals surface area contributed by atoms with Crippen molar-refractivity contribution in [2.24, 2.45) is 5.41 Å². The van der Waals surface area contributed by atoms with Crippen LogP contribution in [0, 0.1) is 11.2 Å². The van der Waals surface area contributed by atoms with Gasteiger partial charge in [0.1, 0.15) is 5.82 Å². The van der Waals surface area contributed by atoms with Crippen molar-refractivity contribution in [2.45, 2.75) is 39.3 Å². The number of nitrogens with one attached hydrogen (secondary N) is 2. The number of anilines is 1. The SMILES string of the molecule is CC(C)(C)CC(NC(=O)c1ccc2[nH]nc(-c3ccc(N4CCN(C5COC5)CC4)cc3)c2c1)c1ccccc1F. The number of hydrogen-bond acceptors (Lipinski definition) is 5. The first-order valence-corrected chi connectivity index (χ1v) is 14.5. The zero-order valence-corrected chi connectivity index (χ0v) is 24.0. The zero-order chi connectivity index (χ0) is 28.6. The fraction of sp³-hybridized carbons (Fsp3) is 0.394. The van der Waals surface area contributed by atoms with Crippen molar-refractivity contribution in [3.63, 3.8) is 0 Å². The minimum Gasteiger partial charge on any atom is -0.378 e. The predicted octanol–water partition coefficient (Wildman–Crippen LogP) is 5.80. The highest BCUT2D eigenvalue weighted by Gasteiger charge is 2.29. The maximum absolute atomic E-state index is 14.7. The molecule has 8 heteroatoms. The highest BCUT2D eigenvalue weighted by molar-refractivity contribution is 6.01. The van der Waals surface area contributed by atoms with E-state index in [0.717, 1.165) is 61.6 Å². The fourth-order valence-corrected chi connectivity index (χ4v) is 5.84. The van der Waals surface area contributed by atoms with Gasteiger partial charge in [0.05, 0.1) is 36.5 Å². The second-order valence-corrected chi connectivity index (χ2v) is 12.4. The number of carbonyl (C=O) groups excluding carboxylic acids is 1. The van der Waals surface area contributed by atoms with Gasteiger partial charge in [-0.05, 0) is 48.2 Å². The summed E-state index contributed by atoms with van der Waals surface area (Å²) in [5.74, 6) is -0.549. The van der Waals surface area contributed by atoms with E-state index in [9.17, 15) is 9.18 Å². The van der Waals surface area contributed by atoms with Gasteiger partial charge in [-0.2, -0.15) is 5.10 Å². The molecule has 2 N–H and O–H groups in total. The van der Waals surface area contributed by atoms with Crippen molar-refractivity contribution in [3.05, 3.63) is 83.7 Å². The summed E-state index contributed by atoms with van der Waals surface area (Å²) in [5, 5.41) is 11.7. The third kappa shape index (κ3) is 5.99. The lowest BCUT2D eigenvalue weighted by Gasteiger charge is -2.43. The Balaban J connectivity index is 1.19. The predicted molar refractivity (Wildman–Crippen MR) is 161 cm³/mol. The molecule has 41 heavy (non-hydrogen) atoms. The summed E-state index contributed by atoms with van der Waals surface area (Å²) in [7, 11) is 0. The number of aromatic nitrogens is 2. The molecule has 0 saturated carbocycles. The van der Waals surface area contributed by atoms with Gasteiger partial charge in [0, 0.05) is 53.9 Å². The molecule has 2 aliphatic heterocycles. The Bertz CT molecular complexity index is 1510. The largest absolute Gasteiger partial charge is 0.378 e. The monoisotopic (exact) mass is 555 g/mol. The van der Waals surface area contributed by atoms with E-state index >= 15 is 0 Å². The molecule has 2 aliphatic rings. The Morgan fingerprint density at radius 1 is 1.05 bits per heavy atom. The van der Waals surface area contributed by atoms with Crippen LogP contribution in [0.5, 0.6) is 0 Å². The molecule has 214 valence electrons. The van der Waals surface area contributed by atoms with E-state index in [1.807, 2.05) is 12.1 Å². The van der Waals surface area contributed by atoms with Crippen molar-refractivity contribution >= 4 is 22.5 Å². The summed E-state index contributed by atoms with van der Waals surface area (Å²) in [6, 6.07) is 20.8. The first-order valence-electron chi connectivity index (χ1n) is 14.5. The average molecular weight is 556 g/mol. The quantitative estimate of drug-likeness (QED) is 0.302. The lowest BCUT2D eigenvalue weighted by Crippen LogP contribution is -2.56. The number of H-pyrrole nitrogens is 1. The minimum absolute atomic E-state index is 0.104. The molecule has 3 heterocycles. The zero-order valence-electron chi connectivity index (χ0n) is 24.0. The number of aromatic amines is 1. The highest BCUT2D eigenvalue weighted by atomic mass is 19.1. The molecule has 7 nitrogen and oxygen atoms in total. The van der Waals surface area contributed by atoms with Gasteiger partial charge in [-0.15, -0.1) is 0 Å². The van der Waals surface area contributed by atoms with E-state index in [-0.39, 0.29) is 17.1 Å². The topological polar surface area (TPSA) is 73.5 Å². The second-order valence-electron chi connectivity index (χ2n) is 12.4. The van der Waals surface area contributed by atoms with Crippen molar-refractivity contribution in [3.8, 4) is 11.3 Å². The van der Waals surface area contributed by atoms with Crippen molar-refractivity contribution in [2.75, 3.05) is 44.3 Å². The van der Waals surface area contributed by atoms with Gasteiger partial charge in [0.2, 0.25) is 0 Å². The number of nitrogens with zero attached hydrogens (tertiary/aromatic N) is 3. The highest BCUT2D eigenvalue weighted by Crippen LogP contribution is 2.32. The minimum atomic E-state index is -0.445. The van der Waals surface area contributed by atoms with Gasteiger partial charge < -0.3 is 15.0 Å². The summed E-state index contributed by atoms with van der Waals surface area (Å²) in [6.45, 7) is 12.1. The maximum Gasteiger partial charge on any atom is 0.251 e. The average Bonchev–Trinajstić information content (AvgIpc) is 3.35. The fourth-order valence-electron chi connectivity index (χ4n) is 5.84. The van der Waals surface area contributed by atoms with E-state index in [2.05, 4.69) is 70.4 Å². The first kappa shape index (κ1) is 27.4. The molecule has 0 aliphatic carbocycles. The molecule has 0 bridgehead atoms. The van der Waals surface area contributed by atoms with Crippen LogP contribution in [0.15, 0.2) is 66.7 Å². The van der Waals surface area contributed by atoms with E-state index < -0.39 is 6.04 Å². The van der Waals surface area contributed by atoms with Crippen molar-refractivity contribution < 1.29 is 13.9 Å². The van der Waals surface area contributed by atoms with Gasteiger partial charge in [-0.3, -0.25) is 14.8 Å². The standard InChI is InChI=1S/C33H38FN5O2/c1-33(2,3)19-30(26-6-4-5-7-28(26)34)35-32(40)23-10-13-29-27(18-23)31(37-36-29)22-8-11-24(12-9-22)38-14-16-39(17-15-38)25-20-41-21-25/h4-13,18,25,30H,14-17,19-21H2,1-3H3,(H,35,40)(H,36,37). The summed E-state index contributed by atoms with van der Waals surface area (Å²) in [5.41, 5.74) is 4.76. The molecule has 1 atom stereocenters. The molecule has 1 unspecified atom stereocenters. The Labute approximate surface area is 240 Å². The van der Waals surface area contributed by atoms with Crippen LogP contribution in [0.4, 0.5) is 10.1 Å². The first-order chi connectivity index (χ1) is 19.7. The van der Waals surface area contributed by atoms with E-state index in [1.165, 1.54) is 11.8 Å². The maximum atomic E-state index is 14.7. The Morgan fingerprint density at radius 3 is 2.44 bits per heavy atom. The van der Waals surface area contributed by atoms with Crippen LogP contribution in [0.1, 0.15) is 49.2 Å². The number of rotatable bonds is 7. The van der Waals surface area contributed by atoms with Crippen molar-refractivity contribution in [1.29, 1.82) is 0 Å². The van der Waals surface area contributed by atoms with Gasteiger partial charge in [0.25, 0.3) is 5.91 Å². The van der Waals surface area contributed by atoms with Gasteiger partial charge in [-0.1, -0.05) is 51.1 Å².